The number of nitrogens with one attached hydrogen (secondary N) is 2. The summed E-state index contributed by atoms with van der Waals surface area (Å²) in [5.74, 6) is -0.0411. The van der Waals surface area contributed by atoms with Crippen LogP contribution >= 0.6 is 11.6 Å². The van der Waals surface area contributed by atoms with Gasteiger partial charge in [-0.25, -0.2) is 24.3 Å². The maximum absolute atomic E-state index is 13.5. The van der Waals surface area contributed by atoms with Gasteiger partial charge < -0.3 is 20.4 Å². The summed E-state index contributed by atoms with van der Waals surface area (Å²) in [5.41, 5.74) is 0.430. The zero-order valence-electron chi connectivity index (χ0n) is 19.0. The number of fused-ring (bicyclic) bond motifs is 1. The van der Waals surface area contributed by atoms with Crippen LogP contribution < -0.4 is 10.6 Å². The number of amides is 2. The Hall–Kier alpha value is -3.60. The van der Waals surface area contributed by atoms with E-state index in [-0.39, 0.29) is 22.8 Å². The maximum Gasteiger partial charge on any atom is 0.247 e. The number of carbonyl (C=O) groups is 2. The first-order valence-electron chi connectivity index (χ1n) is 10.7. The monoisotopic (exact) mass is 486 g/mol. The van der Waals surface area contributed by atoms with E-state index >= 15 is 0 Å². The van der Waals surface area contributed by atoms with Crippen LogP contribution in [0.3, 0.4) is 0 Å². The Kier molecular flexibility index (Phi) is 6.47. The third-order valence-corrected chi connectivity index (χ3v) is 5.82. The smallest absolute Gasteiger partial charge is 0.247 e. The van der Waals surface area contributed by atoms with Gasteiger partial charge >= 0.3 is 0 Å². The van der Waals surface area contributed by atoms with Crippen LogP contribution in [0.1, 0.15) is 20.8 Å². The molecule has 2 amide bonds. The molecule has 10 nitrogen and oxygen atoms in total. The first kappa shape index (κ1) is 23.6. The number of anilines is 3. The van der Waals surface area contributed by atoms with Gasteiger partial charge in [-0.3, -0.25) is 9.59 Å². The van der Waals surface area contributed by atoms with E-state index in [1.165, 1.54) is 37.6 Å². The van der Waals surface area contributed by atoms with E-state index in [9.17, 15) is 14.0 Å². The average Bonchev–Trinajstić information content (AvgIpc) is 2.81. The summed E-state index contributed by atoms with van der Waals surface area (Å²) in [6, 6.07) is 4.22. The highest BCUT2D eigenvalue weighted by Gasteiger charge is 2.34. The number of hydrogen-bond acceptors (Lipinski definition) is 8. The Balaban J connectivity index is 1.53. The standard InChI is InChI=1S/C22H24ClFN8O2/c1-13(33)31-6-8-32(9-7-31)20(34)22(2,3)30-21-25-11-17-18(29-21)19(27-12-26-17)28-14-4-5-16(24)15(23)10-14/h4-5,10-12H,6-9H2,1-3H3,(H,25,29,30)(H,26,27,28). The molecule has 1 aromatic carbocycles. The highest BCUT2D eigenvalue weighted by Crippen LogP contribution is 2.26. The van der Waals surface area contributed by atoms with Crippen LogP contribution in [0.4, 0.5) is 21.8 Å². The molecular weight excluding hydrogens is 463 g/mol. The largest absolute Gasteiger partial charge is 0.340 e. The summed E-state index contributed by atoms with van der Waals surface area (Å²) in [5, 5.41) is 6.14. The van der Waals surface area contributed by atoms with Gasteiger partial charge in [0.05, 0.1) is 11.2 Å². The lowest BCUT2D eigenvalue weighted by Gasteiger charge is -2.38. The van der Waals surface area contributed by atoms with E-state index in [1.807, 2.05) is 0 Å². The summed E-state index contributed by atoms with van der Waals surface area (Å²) in [6.07, 6.45) is 2.89. The van der Waals surface area contributed by atoms with Crippen molar-refractivity contribution in [2.24, 2.45) is 0 Å². The molecule has 1 fully saturated rings. The summed E-state index contributed by atoms with van der Waals surface area (Å²) in [6.45, 7) is 6.96. The first-order valence-corrected chi connectivity index (χ1v) is 11.0. The third-order valence-electron chi connectivity index (χ3n) is 5.53. The van der Waals surface area contributed by atoms with Gasteiger partial charge in [0.1, 0.15) is 28.7 Å². The molecule has 12 heteroatoms. The molecule has 0 saturated carbocycles. The molecule has 0 atom stereocenters. The molecule has 0 unspecified atom stereocenters. The summed E-state index contributed by atoms with van der Waals surface area (Å²) in [4.78, 5) is 45.4. The Morgan fingerprint density at radius 1 is 1.09 bits per heavy atom. The SMILES string of the molecule is CC(=O)N1CCN(C(=O)C(C)(C)Nc2ncc3ncnc(Nc4ccc(F)c(Cl)c4)c3n2)CC1. The van der Waals surface area contributed by atoms with E-state index in [0.29, 0.717) is 48.7 Å². The Morgan fingerprint density at radius 3 is 2.47 bits per heavy atom. The number of benzene rings is 1. The normalized spacial score (nSPS) is 14.3. The quantitative estimate of drug-likeness (QED) is 0.565. The second-order valence-electron chi connectivity index (χ2n) is 8.45. The van der Waals surface area contributed by atoms with Crippen molar-refractivity contribution < 1.29 is 14.0 Å². The fraction of sp³-hybridized carbons (Fsp3) is 0.364. The molecule has 2 N–H and O–H groups in total. The fourth-order valence-electron chi connectivity index (χ4n) is 3.67. The van der Waals surface area contributed by atoms with Crippen LogP contribution in [-0.4, -0.2) is 73.3 Å². The van der Waals surface area contributed by atoms with Gasteiger partial charge in [0.25, 0.3) is 0 Å². The number of hydrogen-bond donors (Lipinski definition) is 2. The summed E-state index contributed by atoms with van der Waals surface area (Å²) in [7, 11) is 0. The van der Waals surface area contributed by atoms with Gasteiger partial charge in [-0.15, -0.1) is 0 Å². The van der Waals surface area contributed by atoms with Gasteiger partial charge in [-0.05, 0) is 32.0 Å². The topological polar surface area (TPSA) is 116 Å². The molecule has 1 aliphatic heterocycles. The third kappa shape index (κ3) is 4.98. The molecule has 2 aromatic heterocycles. The minimum absolute atomic E-state index is 0.00332. The van der Waals surface area contributed by atoms with Gasteiger partial charge in [-0.2, -0.15) is 0 Å². The predicted molar refractivity (Wildman–Crippen MR) is 126 cm³/mol. The molecule has 0 spiro atoms. The minimum Gasteiger partial charge on any atom is -0.340 e. The average molecular weight is 487 g/mol. The fourth-order valence-corrected chi connectivity index (χ4v) is 3.85. The molecule has 3 aromatic rings. The van der Waals surface area contributed by atoms with Crippen LogP contribution in [0, 0.1) is 5.82 Å². The van der Waals surface area contributed by atoms with Crippen LogP contribution in [0.15, 0.2) is 30.7 Å². The molecule has 0 bridgehead atoms. The first-order chi connectivity index (χ1) is 16.1. The van der Waals surface area contributed by atoms with Crippen molar-refractivity contribution in [1.29, 1.82) is 0 Å². The lowest BCUT2D eigenvalue weighted by molar-refractivity contribution is -0.140. The van der Waals surface area contributed by atoms with Crippen molar-refractivity contribution >= 4 is 51.9 Å². The van der Waals surface area contributed by atoms with Crippen molar-refractivity contribution in [2.45, 2.75) is 26.3 Å². The van der Waals surface area contributed by atoms with E-state index in [4.69, 9.17) is 11.6 Å². The number of aromatic nitrogens is 4. The minimum atomic E-state index is -1.00. The highest BCUT2D eigenvalue weighted by molar-refractivity contribution is 6.31. The maximum atomic E-state index is 13.5. The van der Waals surface area contributed by atoms with Crippen molar-refractivity contribution in [3.63, 3.8) is 0 Å². The van der Waals surface area contributed by atoms with E-state index in [0.717, 1.165) is 0 Å². The van der Waals surface area contributed by atoms with Gasteiger partial charge in [-0.1, -0.05) is 11.6 Å². The van der Waals surface area contributed by atoms with E-state index in [2.05, 4.69) is 30.6 Å². The Labute approximate surface area is 200 Å². The zero-order valence-corrected chi connectivity index (χ0v) is 19.7. The van der Waals surface area contributed by atoms with E-state index < -0.39 is 11.4 Å². The van der Waals surface area contributed by atoms with Crippen LogP contribution in [0.25, 0.3) is 11.0 Å². The van der Waals surface area contributed by atoms with Gasteiger partial charge in [0, 0.05) is 38.8 Å². The zero-order chi connectivity index (χ0) is 24.5. The number of nitrogens with zero attached hydrogens (tertiary/aromatic N) is 6. The molecule has 0 radical (unpaired) electrons. The Bertz CT molecular complexity index is 1250. The van der Waals surface area contributed by atoms with Crippen LogP contribution in [0.2, 0.25) is 5.02 Å². The van der Waals surface area contributed by atoms with Gasteiger partial charge in [0.15, 0.2) is 5.82 Å². The summed E-state index contributed by atoms with van der Waals surface area (Å²) < 4.78 is 13.5. The number of carbonyl (C=O) groups excluding carboxylic acids is 2. The van der Waals surface area contributed by atoms with Gasteiger partial charge in [0.2, 0.25) is 17.8 Å². The molecule has 4 rings (SSSR count). The molecular formula is C22H24ClFN8O2. The number of piperazine rings is 1. The lowest BCUT2D eigenvalue weighted by atomic mass is 10.0. The second-order valence-corrected chi connectivity index (χ2v) is 8.86. The number of halogens is 2. The van der Waals surface area contributed by atoms with Crippen LogP contribution in [0.5, 0.6) is 0 Å². The summed E-state index contributed by atoms with van der Waals surface area (Å²) >= 11 is 5.87. The molecule has 1 saturated heterocycles. The molecule has 3 heterocycles. The highest BCUT2D eigenvalue weighted by atomic mass is 35.5. The number of rotatable bonds is 5. The van der Waals surface area contributed by atoms with Crippen LogP contribution in [-0.2, 0) is 9.59 Å². The molecule has 178 valence electrons. The predicted octanol–water partition coefficient (Wildman–Crippen LogP) is 2.84. The van der Waals surface area contributed by atoms with Crippen molar-refractivity contribution in [1.82, 2.24) is 29.7 Å². The van der Waals surface area contributed by atoms with Crippen molar-refractivity contribution in [2.75, 3.05) is 36.8 Å². The second kappa shape index (κ2) is 9.34. The van der Waals surface area contributed by atoms with E-state index in [1.54, 1.807) is 23.6 Å². The van der Waals surface area contributed by atoms with Crippen molar-refractivity contribution in [3.8, 4) is 0 Å². The molecule has 0 aliphatic carbocycles. The Morgan fingerprint density at radius 2 is 1.79 bits per heavy atom. The molecule has 34 heavy (non-hydrogen) atoms. The lowest BCUT2D eigenvalue weighted by Crippen LogP contribution is -2.57. The van der Waals surface area contributed by atoms with Crippen molar-refractivity contribution in [3.05, 3.63) is 41.6 Å². The molecule has 1 aliphatic rings.